The third-order valence-corrected chi connectivity index (χ3v) is 5.91. The Bertz CT molecular complexity index is 1170. The first-order valence-corrected chi connectivity index (χ1v) is 11.7. The van der Waals surface area contributed by atoms with Gasteiger partial charge in [0.1, 0.15) is 0 Å². The van der Waals surface area contributed by atoms with Crippen LogP contribution in [-0.4, -0.2) is 37.0 Å². The van der Waals surface area contributed by atoms with Crippen molar-refractivity contribution in [3.8, 4) is 5.75 Å². The van der Waals surface area contributed by atoms with Gasteiger partial charge in [0.15, 0.2) is 28.7 Å². The van der Waals surface area contributed by atoms with Crippen LogP contribution >= 0.6 is 11.8 Å². The molecule has 3 aromatic rings. The number of halogens is 1. The molecule has 1 heterocycles. The van der Waals surface area contributed by atoms with E-state index >= 15 is 0 Å². The van der Waals surface area contributed by atoms with Crippen molar-refractivity contribution in [3.63, 3.8) is 0 Å². The largest absolute Gasteiger partial charge is 0.480 e. The van der Waals surface area contributed by atoms with Crippen LogP contribution < -0.4 is 10.1 Å². The molecule has 1 amide bonds. The Balaban J connectivity index is 1.76. The zero-order chi connectivity index (χ0) is 24.8. The van der Waals surface area contributed by atoms with E-state index < -0.39 is 23.1 Å². The van der Waals surface area contributed by atoms with Crippen molar-refractivity contribution in [3.05, 3.63) is 65.7 Å². The predicted molar refractivity (Wildman–Crippen MR) is 128 cm³/mol. The number of aromatic nitrogens is 3. The van der Waals surface area contributed by atoms with Gasteiger partial charge >= 0.3 is 5.97 Å². The summed E-state index contributed by atoms with van der Waals surface area (Å²) < 4.78 is 21.7. The van der Waals surface area contributed by atoms with Crippen molar-refractivity contribution in [2.45, 2.75) is 50.8 Å². The Morgan fingerprint density at radius 2 is 1.85 bits per heavy atom. The van der Waals surface area contributed by atoms with Crippen molar-refractivity contribution in [1.82, 2.24) is 14.8 Å². The highest BCUT2D eigenvalue weighted by Crippen LogP contribution is 2.29. The number of amides is 1. The Morgan fingerprint density at radius 3 is 2.53 bits per heavy atom. The second kappa shape index (κ2) is 11.1. The summed E-state index contributed by atoms with van der Waals surface area (Å²) in [6, 6.07) is 12.2. The van der Waals surface area contributed by atoms with Crippen molar-refractivity contribution in [2.75, 3.05) is 5.32 Å². The molecule has 3 rings (SSSR count). The normalized spacial score (nSPS) is 12.9. The second-order valence-electron chi connectivity index (χ2n) is 8.17. The molecule has 2 unspecified atom stereocenters. The van der Waals surface area contributed by atoms with Crippen molar-refractivity contribution < 1.29 is 23.8 Å². The smallest absolute Gasteiger partial charge is 0.335 e. The van der Waals surface area contributed by atoms with Gasteiger partial charge < -0.3 is 19.7 Å². The topological polar surface area (TPSA) is 106 Å². The highest BCUT2D eigenvalue weighted by Gasteiger charge is 2.24. The number of rotatable bonds is 10. The van der Waals surface area contributed by atoms with Crippen LogP contribution in [0.5, 0.6) is 5.75 Å². The van der Waals surface area contributed by atoms with E-state index in [2.05, 4.69) is 15.5 Å². The van der Waals surface area contributed by atoms with Crippen LogP contribution in [0.4, 0.5) is 10.1 Å². The fraction of sp³-hybridized carbons (Fsp3) is 0.333. The molecule has 0 saturated heterocycles. The van der Waals surface area contributed by atoms with Crippen molar-refractivity contribution in [2.24, 2.45) is 5.92 Å². The molecule has 2 aromatic carbocycles. The Hall–Kier alpha value is -3.40. The van der Waals surface area contributed by atoms with Gasteiger partial charge in [-0.25, -0.2) is 9.18 Å². The van der Waals surface area contributed by atoms with E-state index in [-0.39, 0.29) is 23.1 Å². The minimum Gasteiger partial charge on any atom is -0.480 e. The van der Waals surface area contributed by atoms with Gasteiger partial charge in [0.2, 0.25) is 5.91 Å². The highest BCUT2D eigenvalue weighted by molar-refractivity contribution is 8.00. The quantitative estimate of drug-likeness (QED) is 0.387. The molecular formula is C24H27FN4O4S. The molecule has 0 radical (unpaired) electrons. The van der Waals surface area contributed by atoms with E-state index in [9.17, 15) is 14.0 Å². The number of hydrogen-bond acceptors (Lipinski definition) is 6. The molecule has 0 bridgehead atoms. The van der Waals surface area contributed by atoms with Crippen LogP contribution in [0.2, 0.25) is 0 Å². The number of thioether (sulfide) groups is 1. The average molecular weight is 487 g/mol. The van der Waals surface area contributed by atoms with Crippen LogP contribution in [0.3, 0.4) is 0 Å². The molecule has 0 aliphatic rings. The molecule has 8 nitrogen and oxygen atoms in total. The van der Waals surface area contributed by atoms with Crippen LogP contribution in [-0.2, 0) is 11.3 Å². The summed E-state index contributed by atoms with van der Waals surface area (Å²) >= 11 is 1.23. The van der Waals surface area contributed by atoms with E-state index in [0.29, 0.717) is 23.2 Å². The van der Waals surface area contributed by atoms with Crippen LogP contribution in [0.15, 0.2) is 53.7 Å². The van der Waals surface area contributed by atoms with Gasteiger partial charge in [0, 0.05) is 12.2 Å². The summed E-state index contributed by atoms with van der Waals surface area (Å²) in [4.78, 5) is 23.9. The molecule has 2 N–H and O–H groups in total. The maximum Gasteiger partial charge on any atom is 0.335 e. The maximum absolute atomic E-state index is 14.0. The molecular weight excluding hydrogens is 459 g/mol. The van der Waals surface area contributed by atoms with Gasteiger partial charge in [-0.1, -0.05) is 43.8 Å². The molecule has 34 heavy (non-hydrogen) atoms. The molecule has 1 aromatic heterocycles. The lowest BCUT2D eigenvalue weighted by atomic mass is 10.2. The standard InChI is InChI=1S/C24H27FN4O4S/c1-14(2)13-29-21(15(3)33-20-11-6-5-10-19(20)25)27-28-24(29)34-16(4)22(30)26-18-9-7-8-17(12-18)23(31)32/h5-12,14-16H,13H2,1-4H3,(H,26,30)(H,31,32). The van der Waals surface area contributed by atoms with Crippen LogP contribution in [0.25, 0.3) is 0 Å². The van der Waals surface area contributed by atoms with Gasteiger partial charge in [0.05, 0.1) is 10.8 Å². The number of nitrogens with zero attached hydrogens (tertiary/aromatic N) is 3. The first-order chi connectivity index (χ1) is 16.2. The second-order valence-corrected chi connectivity index (χ2v) is 9.48. The summed E-state index contributed by atoms with van der Waals surface area (Å²) in [6.45, 7) is 8.19. The minimum absolute atomic E-state index is 0.0864. The van der Waals surface area contributed by atoms with E-state index in [4.69, 9.17) is 9.84 Å². The molecule has 2 atom stereocenters. The number of carboxylic acids is 1. The molecule has 0 fully saturated rings. The fourth-order valence-electron chi connectivity index (χ4n) is 3.19. The zero-order valence-electron chi connectivity index (χ0n) is 19.4. The molecule has 10 heteroatoms. The maximum atomic E-state index is 14.0. The summed E-state index contributed by atoms with van der Waals surface area (Å²) in [5, 5.41) is 20.4. The van der Waals surface area contributed by atoms with Crippen LogP contribution in [0, 0.1) is 11.7 Å². The van der Waals surface area contributed by atoms with Gasteiger partial charge in [-0.15, -0.1) is 10.2 Å². The van der Waals surface area contributed by atoms with E-state index in [1.165, 1.54) is 30.0 Å². The van der Waals surface area contributed by atoms with E-state index in [0.717, 1.165) is 0 Å². The zero-order valence-corrected chi connectivity index (χ0v) is 20.2. The monoisotopic (exact) mass is 486 g/mol. The lowest BCUT2D eigenvalue weighted by Crippen LogP contribution is -2.23. The SMILES string of the molecule is CC(C)Cn1c(SC(C)C(=O)Nc2cccc(C(=O)O)c2)nnc1C(C)Oc1ccccc1F. The number of ether oxygens (including phenoxy) is 1. The lowest BCUT2D eigenvalue weighted by Gasteiger charge is -2.19. The number of anilines is 1. The number of nitrogens with one attached hydrogen (secondary N) is 1. The van der Waals surface area contributed by atoms with Gasteiger partial charge in [0.25, 0.3) is 0 Å². The number of carbonyl (C=O) groups excluding carboxylic acids is 1. The molecule has 0 aliphatic heterocycles. The van der Waals surface area contributed by atoms with Crippen molar-refractivity contribution >= 4 is 29.3 Å². The number of aromatic carboxylic acids is 1. The Morgan fingerprint density at radius 1 is 1.12 bits per heavy atom. The molecule has 0 saturated carbocycles. The third kappa shape index (κ3) is 6.34. The Labute approximate surface area is 201 Å². The average Bonchev–Trinajstić information content (AvgIpc) is 3.16. The van der Waals surface area contributed by atoms with E-state index in [1.54, 1.807) is 44.2 Å². The van der Waals surface area contributed by atoms with Gasteiger partial charge in [-0.05, 0) is 50.1 Å². The fourth-order valence-corrected chi connectivity index (χ4v) is 4.06. The van der Waals surface area contributed by atoms with Crippen molar-refractivity contribution in [1.29, 1.82) is 0 Å². The summed E-state index contributed by atoms with van der Waals surface area (Å²) in [5.74, 6) is -0.918. The number of hydrogen-bond donors (Lipinski definition) is 2. The molecule has 0 aliphatic carbocycles. The van der Waals surface area contributed by atoms with Gasteiger partial charge in [-0.2, -0.15) is 0 Å². The molecule has 180 valence electrons. The number of carbonyl (C=O) groups is 2. The summed E-state index contributed by atoms with van der Waals surface area (Å²) in [7, 11) is 0. The predicted octanol–water partition coefficient (Wildman–Crippen LogP) is 5.03. The molecule has 0 spiro atoms. The Kier molecular flexibility index (Phi) is 8.27. The summed E-state index contributed by atoms with van der Waals surface area (Å²) in [5.41, 5.74) is 0.483. The summed E-state index contributed by atoms with van der Waals surface area (Å²) in [6.07, 6.45) is -0.569. The number of para-hydroxylation sites is 1. The van der Waals surface area contributed by atoms with Crippen LogP contribution in [0.1, 0.15) is 50.0 Å². The highest BCUT2D eigenvalue weighted by atomic mass is 32.2. The van der Waals surface area contributed by atoms with Gasteiger partial charge in [-0.3, -0.25) is 4.79 Å². The van der Waals surface area contributed by atoms with E-state index in [1.807, 2.05) is 18.4 Å². The minimum atomic E-state index is -1.07. The first-order valence-electron chi connectivity index (χ1n) is 10.8. The number of carboxylic acid groups (broad SMARTS) is 1. The lowest BCUT2D eigenvalue weighted by molar-refractivity contribution is -0.115. The first kappa shape index (κ1) is 25.2. The third-order valence-electron chi connectivity index (χ3n) is 4.83. The number of benzene rings is 2.